The Labute approximate surface area is 168 Å². The molecular formula is C20H24N6O3. The van der Waals surface area contributed by atoms with E-state index in [4.69, 9.17) is 10.1 Å². The Hall–Kier alpha value is -3.36. The molecule has 2 heterocycles. The van der Waals surface area contributed by atoms with Crippen LogP contribution in [0.1, 0.15) is 43.0 Å². The second kappa shape index (κ2) is 7.57. The lowest BCUT2D eigenvalue weighted by atomic mass is 10.2. The van der Waals surface area contributed by atoms with Crippen LogP contribution in [0.25, 0.3) is 0 Å². The zero-order valence-corrected chi connectivity index (χ0v) is 16.5. The van der Waals surface area contributed by atoms with E-state index in [-0.39, 0.29) is 17.6 Å². The molecule has 0 radical (unpaired) electrons. The summed E-state index contributed by atoms with van der Waals surface area (Å²) in [6.45, 7) is 2.52. The molecule has 1 aromatic heterocycles. The average Bonchev–Trinajstić information content (AvgIpc) is 3.25. The highest BCUT2D eigenvalue weighted by atomic mass is 16.4. The molecule has 1 aliphatic carbocycles. The molecule has 4 rings (SSSR count). The predicted octanol–water partition coefficient (Wildman–Crippen LogP) is 3.47. The molecule has 2 aliphatic rings. The van der Waals surface area contributed by atoms with Crippen molar-refractivity contribution in [2.75, 3.05) is 28.8 Å². The molecule has 9 heteroatoms. The van der Waals surface area contributed by atoms with E-state index in [1.165, 1.54) is 12.1 Å². The molecule has 0 bridgehead atoms. The number of hydrazine groups is 1. The van der Waals surface area contributed by atoms with Crippen molar-refractivity contribution in [1.82, 2.24) is 15.0 Å². The van der Waals surface area contributed by atoms with E-state index in [0.717, 1.165) is 25.7 Å². The SMILES string of the molecule is CCN1C(=O)N(C)c2cnc(Nc3ccc(C(=O)O)cc3)nc2N1C1CCCC1. The molecule has 29 heavy (non-hydrogen) atoms. The summed E-state index contributed by atoms with van der Waals surface area (Å²) in [6, 6.07) is 6.56. The molecule has 2 aromatic rings. The van der Waals surface area contributed by atoms with Gasteiger partial charge in [-0.2, -0.15) is 4.98 Å². The van der Waals surface area contributed by atoms with Crippen molar-refractivity contribution in [2.45, 2.75) is 38.6 Å². The Balaban J connectivity index is 1.68. The number of carboxylic acids is 1. The van der Waals surface area contributed by atoms with Crippen molar-refractivity contribution in [3.63, 3.8) is 0 Å². The first-order valence-electron chi connectivity index (χ1n) is 9.81. The maximum Gasteiger partial charge on any atom is 0.343 e. The number of hydrogen-bond acceptors (Lipinski definition) is 6. The summed E-state index contributed by atoms with van der Waals surface area (Å²) in [7, 11) is 1.73. The standard InChI is InChI=1S/C20H24N6O3/c1-3-25-20(29)24(2)16-12-21-19(22-14-10-8-13(9-11-14)18(27)28)23-17(16)26(25)15-6-4-5-7-15/h8-12,15H,3-7H2,1-2H3,(H,27,28)(H,21,22,23). The first-order chi connectivity index (χ1) is 14.0. The van der Waals surface area contributed by atoms with Gasteiger partial charge < -0.3 is 10.4 Å². The number of hydrogen-bond donors (Lipinski definition) is 2. The Morgan fingerprint density at radius 2 is 1.93 bits per heavy atom. The van der Waals surface area contributed by atoms with Crippen molar-refractivity contribution >= 4 is 35.1 Å². The van der Waals surface area contributed by atoms with E-state index >= 15 is 0 Å². The number of carboxylic acid groups (broad SMARTS) is 1. The molecule has 1 saturated carbocycles. The van der Waals surface area contributed by atoms with Crippen LogP contribution in [0.2, 0.25) is 0 Å². The molecular weight excluding hydrogens is 372 g/mol. The van der Waals surface area contributed by atoms with E-state index < -0.39 is 5.97 Å². The summed E-state index contributed by atoms with van der Waals surface area (Å²) in [5.41, 5.74) is 1.58. The molecule has 9 nitrogen and oxygen atoms in total. The Bertz CT molecular complexity index is 926. The molecule has 2 N–H and O–H groups in total. The number of nitrogens with zero attached hydrogens (tertiary/aromatic N) is 5. The number of fused-ring (bicyclic) bond motifs is 1. The minimum Gasteiger partial charge on any atom is -0.478 e. The number of nitrogens with one attached hydrogen (secondary N) is 1. The van der Waals surface area contributed by atoms with Crippen LogP contribution in [0.3, 0.4) is 0 Å². The molecule has 0 spiro atoms. The van der Waals surface area contributed by atoms with Crippen LogP contribution < -0.4 is 15.2 Å². The molecule has 1 aliphatic heterocycles. The van der Waals surface area contributed by atoms with Gasteiger partial charge in [-0.05, 0) is 44.0 Å². The van der Waals surface area contributed by atoms with Crippen LogP contribution in [0, 0.1) is 0 Å². The van der Waals surface area contributed by atoms with Crippen molar-refractivity contribution in [1.29, 1.82) is 0 Å². The fraction of sp³-hybridized carbons (Fsp3) is 0.400. The number of aromatic carboxylic acids is 1. The first kappa shape index (κ1) is 19.0. The summed E-state index contributed by atoms with van der Waals surface area (Å²) >= 11 is 0. The Morgan fingerprint density at radius 1 is 1.24 bits per heavy atom. The van der Waals surface area contributed by atoms with Crippen LogP contribution in [0.4, 0.5) is 27.9 Å². The molecule has 0 saturated heterocycles. The number of carbonyl (C=O) groups excluding carboxylic acids is 1. The van der Waals surface area contributed by atoms with E-state index in [1.807, 2.05) is 11.9 Å². The molecule has 1 fully saturated rings. The fourth-order valence-electron chi connectivity index (χ4n) is 3.95. The zero-order chi connectivity index (χ0) is 20.5. The molecule has 0 atom stereocenters. The fourth-order valence-corrected chi connectivity index (χ4v) is 3.95. The average molecular weight is 396 g/mol. The number of urea groups is 1. The molecule has 0 unspecified atom stereocenters. The number of benzene rings is 1. The smallest absolute Gasteiger partial charge is 0.343 e. The van der Waals surface area contributed by atoms with Crippen molar-refractivity contribution in [3.05, 3.63) is 36.0 Å². The lowest BCUT2D eigenvalue weighted by molar-refractivity contribution is 0.0697. The second-order valence-corrected chi connectivity index (χ2v) is 7.25. The van der Waals surface area contributed by atoms with Crippen LogP contribution in [0.5, 0.6) is 0 Å². The lowest BCUT2D eigenvalue weighted by Gasteiger charge is -2.45. The number of rotatable bonds is 5. The minimum atomic E-state index is -0.971. The summed E-state index contributed by atoms with van der Waals surface area (Å²) < 4.78 is 0. The molecule has 2 amide bonds. The summed E-state index contributed by atoms with van der Waals surface area (Å²) in [5, 5.41) is 15.9. The summed E-state index contributed by atoms with van der Waals surface area (Å²) in [5.74, 6) is 0.135. The van der Waals surface area contributed by atoms with Crippen molar-refractivity contribution in [3.8, 4) is 0 Å². The van der Waals surface area contributed by atoms with E-state index in [1.54, 1.807) is 35.3 Å². The van der Waals surface area contributed by atoms with Gasteiger partial charge in [-0.1, -0.05) is 12.8 Å². The van der Waals surface area contributed by atoms with Gasteiger partial charge in [0, 0.05) is 19.3 Å². The zero-order valence-electron chi connectivity index (χ0n) is 16.5. The third kappa shape index (κ3) is 3.43. The normalized spacial score (nSPS) is 16.9. The van der Waals surface area contributed by atoms with Gasteiger partial charge in [0.1, 0.15) is 5.69 Å². The molecule has 1 aromatic carbocycles. The second-order valence-electron chi connectivity index (χ2n) is 7.25. The van der Waals surface area contributed by atoms with Gasteiger partial charge in [0.2, 0.25) is 5.95 Å². The van der Waals surface area contributed by atoms with Crippen LogP contribution in [0.15, 0.2) is 30.5 Å². The topological polar surface area (TPSA) is 102 Å². The van der Waals surface area contributed by atoms with Crippen LogP contribution in [-0.2, 0) is 0 Å². The van der Waals surface area contributed by atoms with Gasteiger partial charge in [0.05, 0.1) is 17.8 Å². The Kier molecular flexibility index (Phi) is 4.96. The summed E-state index contributed by atoms with van der Waals surface area (Å²) in [6.07, 6.45) is 5.99. The highest BCUT2D eigenvalue weighted by molar-refractivity contribution is 5.98. The summed E-state index contributed by atoms with van der Waals surface area (Å²) in [4.78, 5) is 34.5. The third-order valence-corrected chi connectivity index (χ3v) is 5.45. The van der Waals surface area contributed by atoms with E-state index in [9.17, 15) is 9.59 Å². The van der Waals surface area contributed by atoms with E-state index in [0.29, 0.717) is 29.7 Å². The highest BCUT2D eigenvalue weighted by Gasteiger charge is 2.39. The largest absolute Gasteiger partial charge is 0.478 e. The first-order valence-corrected chi connectivity index (χ1v) is 9.81. The van der Waals surface area contributed by atoms with Gasteiger partial charge in [-0.3, -0.25) is 9.91 Å². The van der Waals surface area contributed by atoms with E-state index in [2.05, 4.69) is 10.3 Å². The number of carbonyl (C=O) groups is 2. The third-order valence-electron chi connectivity index (χ3n) is 5.45. The lowest BCUT2D eigenvalue weighted by Crippen LogP contribution is -2.59. The monoisotopic (exact) mass is 396 g/mol. The number of anilines is 4. The quantitative estimate of drug-likeness (QED) is 0.798. The van der Waals surface area contributed by atoms with Crippen LogP contribution in [-0.4, -0.2) is 51.7 Å². The van der Waals surface area contributed by atoms with Gasteiger partial charge in [-0.15, -0.1) is 0 Å². The Morgan fingerprint density at radius 3 is 2.55 bits per heavy atom. The van der Waals surface area contributed by atoms with Crippen LogP contribution >= 0.6 is 0 Å². The maximum atomic E-state index is 12.8. The molecule has 152 valence electrons. The van der Waals surface area contributed by atoms with Crippen molar-refractivity contribution < 1.29 is 14.7 Å². The highest BCUT2D eigenvalue weighted by Crippen LogP contribution is 2.38. The number of amides is 2. The number of aromatic nitrogens is 2. The van der Waals surface area contributed by atoms with Crippen molar-refractivity contribution in [2.24, 2.45) is 0 Å². The van der Waals surface area contributed by atoms with Gasteiger partial charge in [0.25, 0.3) is 0 Å². The van der Waals surface area contributed by atoms with Gasteiger partial charge in [-0.25, -0.2) is 19.6 Å². The van der Waals surface area contributed by atoms with Gasteiger partial charge >= 0.3 is 12.0 Å². The van der Waals surface area contributed by atoms with Gasteiger partial charge in [0.15, 0.2) is 5.82 Å². The maximum absolute atomic E-state index is 12.8. The predicted molar refractivity (Wildman–Crippen MR) is 110 cm³/mol. The minimum absolute atomic E-state index is 0.0829.